The first-order chi connectivity index (χ1) is 7.34. The van der Waals surface area contributed by atoms with Crippen LogP contribution in [0.15, 0.2) is 40.9 Å². The highest BCUT2D eigenvalue weighted by Crippen LogP contribution is 2.44. The quantitative estimate of drug-likeness (QED) is 0.800. The van der Waals surface area contributed by atoms with E-state index in [-0.39, 0.29) is 0 Å². The van der Waals surface area contributed by atoms with Gasteiger partial charge in [-0.25, -0.2) is 0 Å². The Bertz CT molecular complexity index is 399. The third-order valence-electron chi connectivity index (χ3n) is 3.58. The molecule has 3 unspecified atom stereocenters. The Morgan fingerprint density at radius 1 is 1.27 bits per heavy atom. The molecule has 1 aromatic carbocycles. The van der Waals surface area contributed by atoms with Crippen LogP contribution in [-0.4, -0.2) is 6.04 Å². The van der Waals surface area contributed by atoms with Gasteiger partial charge in [-0.05, 0) is 46.8 Å². The fourth-order valence-corrected chi connectivity index (χ4v) is 3.06. The van der Waals surface area contributed by atoms with Crippen molar-refractivity contribution < 1.29 is 0 Å². The molecule has 2 aliphatic carbocycles. The van der Waals surface area contributed by atoms with Gasteiger partial charge in [0.1, 0.15) is 0 Å². The molecule has 0 aromatic heterocycles. The molecule has 1 aromatic rings. The lowest BCUT2D eigenvalue weighted by Gasteiger charge is -2.41. The van der Waals surface area contributed by atoms with Crippen LogP contribution in [-0.2, 0) is 0 Å². The molecule has 1 nitrogen and oxygen atoms in total. The van der Waals surface area contributed by atoms with E-state index in [2.05, 4.69) is 51.6 Å². The molecule has 1 saturated carbocycles. The van der Waals surface area contributed by atoms with E-state index in [1.165, 1.54) is 18.5 Å². The number of allylic oxidation sites excluding steroid dienone is 1. The van der Waals surface area contributed by atoms with E-state index in [0.29, 0.717) is 6.04 Å². The van der Waals surface area contributed by atoms with Gasteiger partial charge in [0, 0.05) is 22.1 Å². The third kappa shape index (κ3) is 1.61. The van der Waals surface area contributed by atoms with E-state index < -0.39 is 0 Å². The molecule has 0 spiro atoms. The molecule has 0 amide bonds. The van der Waals surface area contributed by atoms with Crippen LogP contribution in [0.4, 0.5) is 5.69 Å². The molecule has 2 aliphatic rings. The van der Waals surface area contributed by atoms with Crippen molar-refractivity contribution in [1.82, 2.24) is 0 Å². The molecule has 3 atom stereocenters. The molecule has 0 radical (unpaired) electrons. The third-order valence-corrected chi connectivity index (χ3v) is 4.27. The second-order valence-corrected chi connectivity index (χ2v) is 5.32. The van der Waals surface area contributed by atoms with Crippen molar-refractivity contribution in [2.24, 2.45) is 11.8 Å². The summed E-state index contributed by atoms with van der Waals surface area (Å²) in [5.41, 5.74) is 1.22. The summed E-state index contributed by atoms with van der Waals surface area (Å²) >= 11 is 3.57. The molecule has 0 heterocycles. The Morgan fingerprint density at radius 3 is 2.93 bits per heavy atom. The number of para-hydroxylation sites is 1. The lowest BCUT2D eigenvalue weighted by Crippen LogP contribution is -2.43. The van der Waals surface area contributed by atoms with Crippen molar-refractivity contribution in [1.29, 1.82) is 0 Å². The normalized spacial score (nSPS) is 32.2. The summed E-state index contributed by atoms with van der Waals surface area (Å²) in [6.07, 6.45) is 7.32. The van der Waals surface area contributed by atoms with Crippen molar-refractivity contribution in [3.05, 3.63) is 40.9 Å². The zero-order valence-corrected chi connectivity index (χ0v) is 10.1. The first-order valence-corrected chi connectivity index (χ1v) is 6.31. The molecule has 1 N–H and O–H groups in total. The first kappa shape index (κ1) is 9.46. The molecular formula is C13H14BrN. The standard InChI is InChI=1S/C13H14BrN/c14-11-6-1-2-7-12(11)15-13-8-9-4-3-5-10(9)13/h1-3,5-7,9-10,13,15H,4,8H2. The van der Waals surface area contributed by atoms with Crippen LogP contribution in [0.3, 0.4) is 0 Å². The van der Waals surface area contributed by atoms with Gasteiger partial charge in [0.15, 0.2) is 0 Å². The highest BCUT2D eigenvalue weighted by Gasteiger charge is 2.40. The summed E-state index contributed by atoms with van der Waals surface area (Å²) < 4.78 is 1.16. The van der Waals surface area contributed by atoms with Crippen LogP contribution in [0.2, 0.25) is 0 Å². The average molecular weight is 264 g/mol. The minimum absolute atomic E-state index is 0.646. The second kappa shape index (κ2) is 3.67. The van der Waals surface area contributed by atoms with Crippen molar-refractivity contribution >= 4 is 21.6 Å². The van der Waals surface area contributed by atoms with Crippen molar-refractivity contribution in [3.8, 4) is 0 Å². The van der Waals surface area contributed by atoms with Gasteiger partial charge in [0.05, 0.1) is 0 Å². The van der Waals surface area contributed by atoms with E-state index in [1.807, 2.05) is 6.07 Å². The maximum absolute atomic E-state index is 3.62. The largest absolute Gasteiger partial charge is 0.381 e. The van der Waals surface area contributed by atoms with E-state index in [1.54, 1.807) is 0 Å². The number of hydrogen-bond acceptors (Lipinski definition) is 1. The zero-order chi connectivity index (χ0) is 10.3. The van der Waals surface area contributed by atoms with Gasteiger partial charge < -0.3 is 5.32 Å². The van der Waals surface area contributed by atoms with E-state index >= 15 is 0 Å². The van der Waals surface area contributed by atoms with Crippen LogP contribution in [0.1, 0.15) is 12.8 Å². The molecule has 0 aliphatic heterocycles. The Kier molecular flexibility index (Phi) is 2.32. The lowest BCUT2D eigenvalue weighted by molar-refractivity contribution is 0.218. The molecule has 0 bridgehead atoms. The van der Waals surface area contributed by atoms with Crippen LogP contribution in [0, 0.1) is 11.8 Å². The summed E-state index contributed by atoms with van der Waals surface area (Å²) in [5.74, 6) is 1.70. The van der Waals surface area contributed by atoms with Crippen molar-refractivity contribution in [3.63, 3.8) is 0 Å². The highest BCUT2D eigenvalue weighted by molar-refractivity contribution is 9.10. The number of halogens is 1. The van der Waals surface area contributed by atoms with Crippen molar-refractivity contribution in [2.45, 2.75) is 18.9 Å². The van der Waals surface area contributed by atoms with Crippen LogP contribution in [0.25, 0.3) is 0 Å². The second-order valence-electron chi connectivity index (χ2n) is 4.47. The monoisotopic (exact) mass is 263 g/mol. The summed E-state index contributed by atoms with van der Waals surface area (Å²) in [6.45, 7) is 0. The fraction of sp³-hybridized carbons (Fsp3) is 0.385. The maximum atomic E-state index is 3.62. The van der Waals surface area contributed by atoms with Gasteiger partial charge >= 0.3 is 0 Å². The summed E-state index contributed by atoms with van der Waals surface area (Å²) in [6, 6.07) is 8.99. The summed E-state index contributed by atoms with van der Waals surface area (Å²) in [4.78, 5) is 0. The number of nitrogens with one attached hydrogen (secondary N) is 1. The number of hydrogen-bond donors (Lipinski definition) is 1. The van der Waals surface area contributed by atoms with E-state index in [0.717, 1.165) is 16.3 Å². The minimum atomic E-state index is 0.646. The summed E-state index contributed by atoms with van der Waals surface area (Å²) in [7, 11) is 0. The Labute approximate surface area is 98.7 Å². The first-order valence-electron chi connectivity index (χ1n) is 5.52. The predicted molar refractivity (Wildman–Crippen MR) is 66.9 cm³/mol. The molecule has 1 fully saturated rings. The zero-order valence-electron chi connectivity index (χ0n) is 8.49. The lowest BCUT2D eigenvalue weighted by atomic mass is 9.71. The molecular weight excluding hydrogens is 250 g/mol. The number of fused-ring (bicyclic) bond motifs is 1. The van der Waals surface area contributed by atoms with Crippen molar-refractivity contribution in [2.75, 3.05) is 5.32 Å². The SMILES string of the molecule is Brc1ccccc1NC1CC2CC=CC21. The topological polar surface area (TPSA) is 12.0 Å². The number of benzene rings is 1. The Balaban J connectivity index is 1.72. The molecule has 0 saturated heterocycles. The Hall–Kier alpha value is -0.760. The van der Waals surface area contributed by atoms with Gasteiger partial charge in [-0.1, -0.05) is 24.3 Å². The number of anilines is 1. The van der Waals surface area contributed by atoms with Gasteiger partial charge in [-0.15, -0.1) is 0 Å². The van der Waals surface area contributed by atoms with Gasteiger partial charge in [-0.3, -0.25) is 0 Å². The number of rotatable bonds is 2. The van der Waals surface area contributed by atoms with Gasteiger partial charge in [0.25, 0.3) is 0 Å². The van der Waals surface area contributed by atoms with E-state index in [4.69, 9.17) is 0 Å². The molecule has 3 rings (SSSR count). The summed E-state index contributed by atoms with van der Waals surface area (Å²) in [5, 5.41) is 3.62. The minimum Gasteiger partial charge on any atom is -0.381 e. The molecule has 2 heteroatoms. The smallest absolute Gasteiger partial charge is 0.0486 e. The van der Waals surface area contributed by atoms with Crippen LogP contribution in [0.5, 0.6) is 0 Å². The molecule has 78 valence electrons. The van der Waals surface area contributed by atoms with Gasteiger partial charge in [0.2, 0.25) is 0 Å². The van der Waals surface area contributed by atoms with E-state index in [9.17, 15) is 0 Å². The average Bonchev–Trinajstić information content (AvgIpc) is 2.59. The maximum Gasteiger partial charge on any atom is 0.0486 e. The van der Waals surface area contributed by atoms with Crippen LogP contribution >= 0.6 is 15.9 Å². The highest BCUT2D eigenvalue weighted by atomic mass is 79.9. The predicted octanol–water partition coefficient (Wildman–Crippen LogP) is 3.83. The fourth-order valence-electron chi connectivity index (χ4n) is 2.66. The Morgan fingerprint density at radius 2 is 2.13 bits per heavy atom. The van der Waals surface area contributed by atoms with Crippen LogP contribution < -0.4 is 5.32 Å². The van der Waals surface area contributed by atoms with Gasteiger partial charge in [-0.2, -0.15) is 0 Å². The molecule has 15 heavy (non-hydrogen) atoms.